The van der Waals surface area contributed by atoms with Gasteiger partial charge in [0.1, 0.15) is 0 Å². The lowest BCUT2D eigenvalue weighted by molar-refractivity contribution is -0.137. The molecule has 88 valence electrons. The predicted octanol–water partition coefficient (Wildman–Crippen LogP) is 1.33. The van der Waals surface area contributed by atoms with Crippen LogP contribution in [0.1, 0.15) is 12.2 Å². The average molecular weight is 253 g/mol. The Morgan fingerprint density at radius 1 is 1.35 bits per heavy atom. The minimum Gasteiger partial charge on any atom is -0.481 e. The molecule has 7 heteroatoms. The third kappa shape index (κ3) is 3.01. The van der Waals surface area contributed by atoms with Crippen molar-refractivity contribution in [1.29, 1.82) is 0 Å². The van der Waals surface area contributed by atoms with Crippen molar-refractivity contribution in [3.63, 3.8) is 0 Å². The molecule has 0 saturated heterocycles. The average Bonchev–Trinajstić information content (AvgIpc) is 2.76. The number of rotatable bonds is 4. The van der Waals surface area contributed by atoms with E-state index in [4.69, 9.17) is 16.7 Å². The number of nitrogens with zero attached hydrogens (tertiary/aromatic N) is 4. The molecule has 1 aromatic carbocycles. The second-order valence-corrected chi connectivity index (χ2v) is 3.80. The molecular weight excluding hydrogens is 244 g/mol. The van der Waals surface area contributed by atoms with Crippen molar-refractivity contribution in [2.24, 2.45) is 0 Å². The highest BCUT2D eigenvalue weighted by molar-refractivity contribution is 6.30. The van der Waals surface area contributed by atoms with Gasteiger partial charge in [0, 0.05) is 11.4 Å². The standard InChI is InChI=1S/C10H9ClN4O2/c11-7-1-3-8(4-2-7)15-13-9(12-14-15)5-6-10(16)17/h1-4H,5-6H2,(H,16,17). The molecular formula is C10H9ClN4O2. The largest absolute Gasteiger partial charge is 0.481 e. The summed E-state index contributed by atoms with van der Waals surface area (Å²) in [7, 11) is 0. The Bertz CT molecular complexity index is 523. The zero-order valence-corrected chi connectivity index (χ0v) is 9.50. The van der Waals surface area contributed by atoms with E-state index in [0.717, 1.165) is 5.69 Å². The number of hydrogen-bond acceptors (Lipinski definition) is 4. The van der Waals surface area contributed by atoms with Crippen molar-refractivity contribution in [3.05, 3.63) is 35.1 Å². The van der Waals surface area contributed by atoms with Gasteiger partial charge in [-0.1, -0.05) is 11.6 Å². The van der Waals surface area contributed by atoms with Crippen LogP contribution in [0.4, 0.5) is 0 Å². The van der Waals surface area contributed by atoms with Gasteiger partial charge in [0.2, 0.25) is 0 Å². The molecule has 0 atom stereocenters. The number of hydrogen-bond donors (Lipinski definition) is 1. The Labute approximate surface area is 102 Å². The SMILES string of the molecule is O=C(O)CCc1nnn(-c2ccc(Cl)cc2)n1. The van der Waals surface area contributed by atoms with Crippen LogP contribution in [0.15, 0.2) is 24.3 Å². The molecule has 0 aliphatic rings. The van der Waals surface area contributed by atoms with Crippen LogP contribution < -0.4 is 0 Å². The Morgan fingerprint density at radius 3 is 2.71 bits per heavy atom. The van der Waals surface area contributed by atoms with Gasteiger partial charge in [-0.25, -0.2) is 0 Å². The summed E-state index contributed by atoms with van der Waals surface area (Å²) in [5.41, 5.74) is 0.725. The summed E-state index contributed by atoms with van der Waals surface area (Å²) in [6.45, 7) is 0. The molecule has 0 bridgehead atoms. The monoisotopic (exact) mass is 252 g/mol. The first-order valence-corrected chi connectivity index (χ1v) is 5.29. The molecule has 0 amide bonds. The molecule has 6 nitrogen and oxygen atoms in total. The van der Waals surface area contributed by atoms with E-state index in [1.165, 1.54) is 4.80 Å². The van der Waals surface area contributed by atoms with Crippen molar-refractivity contribution in [2.45, 2.75) is 12.8 Å². The van der Waals surface area contributed by atoms with Crippen LogP contribution in [0.5, 0.6) is 0 Å². The third-order valence-corrected chi connectivity index (χ3v) is 2.33. The van der Waals surface area contributed by atoms with Gasteiger partial charge in [-0.05, 0) is 29.5 Å². The van der Waals surface area contributed by atoms with Crippen LogP contribution in [0.25, 0.3) is 5.69 Å². The van der Waals surface area contributed by atoms with Crippen molar-refractivity contribution in [1.82, 2.24) is 20.2 Å². The van der Waals surface area contributed by atoms with Gasteiger partial charge in [0.25, 0.3) is 0 Å². The number of carboxylic acid groups (broad SMARTS) is 1. The Kier molecular flexibility index (Phi) is 3.34. The van der Waals surface area contributed by atoms with Gasteiger partial charge in [-0.15, -0.1) is 15.0 Å². The minimum atomic E-state index is -0.882. The molecule has 0 aliphatic carbocycles. The minimum absolute atomic E-state index is 0.00763. The van der Waals surface area contributed by atoms with Crippen LogP contribution in [-0.4, -0.2) is 31.3 Å². The second-order valence-electron chi connectivity index (χ2n) is 3.37. The first kappa shape index (κ1) is 11.5. The van der Waals surface area contributed by atoms with E-state index < -0.39 is 5.97 Å². The highest BCUT2D eigenvalue weighted by atomic mass is 35.5. The summed E-state index contributed by atoms with van der Waals surface area (Å²) in [6.07, 6.45) is 0.259. The van der Waals surface area contributed by atoms with Gasteiger partial charge >= 0.3 is 5.97 Å². The summed E-state index contributed by atoms with van der Waals surface area (Å²) in [5, 5.41) is 20.8. The van der Waals surface area contributed by atoms with Crippen LogP contribution in [0.3, 0.4) is 0 Å². The van der Waals surface area contributed by atoms with Gasteiger partial charge in [-0.3, -0.25) is 4.79 Å². The summed E-state index contributed by atoms with van der Waals surface area (Å²) < 4.78 is 0. The Balaban J connectivity index is 2.12. The van der Waals surface area contributed by atoms with E-state index in [1.807, 2.05) is 0 Å². The molecule has 0 saturated carbocycles. The summed E-state index contributed by atoms with van der Waals surface area (Å²) in [5.74, 6) is -0.477. The number of halogens is 1. The van der Waals surface area contributed by atoms with Crippen molar-refractivity contribution in [3.8, 4) is 5.69 Å². The lowest BCUT2D eigenvalue weighted by Gasteiger charge is -1.97. The van der Waals surface area contributed by atoms with E-state index in [-0.39, 0.29) is 12.8 Å². The zero-order valence-electron chi connectivity index (χ0n) is 8.75. The van der Waals surface area contributed by atoms with Crippen LogP contribution in [-0.2, 0) is 11.2 Å². The van der Waals surface area contributed by atoms with Gasteiger partial charge in [0.05, 0.1) is 12.1 Å². The Hall–Kier alpha value is -1.95. The zero-order chi connectivity index (χ0) is 12.3. The highest BCUT2D eigenvalue weighted by Gasteiger charge is 2.06. The van der Waals surface area contributed by atoms with E-state index >= 15 is 0 Å². The first-order chi connectivity index (χ1) is 8.15. The molecule has 1 heterocycles. The number of aliphatic carboxylic acids is 1. The van der Waals surface area contributed by atoms with E-state index in [2.05, 4.69) is 15.4 Å². The number of carboxylic acids is 1. The van der Waals surface area contributed by atoms with Crippen LogP contribution >= 0.6 is 11.6 Å². The summed E-state index contributed by atoms with van der Waals surface area (Å²) >= 11 is 5.76. The van der Waals surface area contributed by atoms with Crippen LogP contribution in [0.2, 0.25) is 5.02 Å². The number of tetrazole rings is 1. The smallest absolute Gasteiger partial charge is 0.303 e. The lowest BCUT2D eigenvalue weighted by atomic mass is 10.3. The fourth-order valence-corrected chi connectivity index (χ4v) is 1.37. The highest BCUT2D eigenvalue weighted by Crippen LogP contribution is 2.11. The molecule has 1 aromatic heterocycles. The summed E-state index contributed by atoms with van der Waals surface area (Å²) in [4.78, 5) is 11.7. The summed E-state index contributed by atoms with van der Waals surface area (Å²) in [6, 6.07) is 6.95. The van der Waals surface area contributed by atoms with Crippen molar-refractivity contribution in [2.75, 3.05) is 0 Å². The molecule has 17 heavy (non-hydrogen) atoms. The fourth-order valence-electron chi connectivity index (χ4n) is 1.25. The molecule has 0 fully saturated rings. The van der Waals surface area contributed by atoms with Gasteiger partial charge in [0.15, 0.2) is 5.82 Å². The lowest BCUT2D eigenvalue weighted by Crippen LogP contribution is -2.01. The number of aromatic nitrogens is 4. The van der Waals surface area contributed by atoms with E-state index in [9.17, 15) is 4.79 Å². The van der Waals surface area contributed by atoms with Crippen molar-refractivity contribution < 1.29 is 9.90 Å². The molecule has 0 spiro atoms. The second kappa shape index (κ2) is 4.92. The maximum atomic E-state index is 10.4. The first-order valence-electron chi connectivity index (χ1n) is 4.92. The third-order valence-electron chi connectivity index (χ3n) is 2.08. The fraction of sp³-hybridized carbons (Fsp3) is 0.200. The molecule has 0 unspecified atom stereocenters. The number of aryl methyl sites for hydroxylation is 1. The Morgan fingerprint density at radius 2 is 2.06 bits per heavy atom. The van der Waals surface area contributed by atoms with E-state index in [1.54, 1.807) is 24.3 Å². The normalized spacial score (nSPS) is 10.4. The number of carbonyl (C=O) groups is 1. The van der Waals surface area contributed by atoms with Crippen molar-refractivity contribution >= 4 is 17.6 Å². The maximum Gasteiger partial charge on any atom is 0.303 e. The number of benzene rings is 1. The molecule has 2 aromatic rings. The molecule has 2 rings (SSSR count). The quantitative estimate of drug-likeness (QED) is 0.888. The predicted molar refractivity (Wildman–Crippen MR) is 60.1 cm³/mol. The van der Waals surface area contributed by atoms with Crippen LogP contribution in [0, 0.1) is 0 Å². The molecule has 1 N–H and O–H groups in total. The van der Waals surface area contributed by atoms with E-state index in [0.29, 0.717) is 10.8 Å². The topological polar surface area (TPSA) is 80.9 Å². The molecule has 0 aliphatic heterocycles. The van der Waals surface area contributed by atoms with Gasteiger partial charge in [-0.2, -0.15) is 0 Å². The van der Waals surface area contributed by atoms with Gasteiger partial charge < -0.3 is 5.11 Å². The molecule has 0 radical (unpaired) electrons. The maximum absolute atomic E-state index is 10.4.